The van der Waals surface area contributed by atoms with Crippen LogP contribution in [0.4, 0.5) is 0 Å². The molecule has 0 radical (unpaired) electrons. The summed E-state index contributed by atoms with van der Waals surface area (Å²) in [5.74, 6) is 0.562. The molecule has 0 saturated carbocycles. The summed E-state index contributed by atoms with van der Waals surface area (Å²) >= 11 is 1.51. The minimum absolute atomic E-state index is 0.562. The van der Waals surface area contributed by atoms with Crippen LogP contribution >= 0.6 is 11.8 Å². The van der Waals surface area contributed by atoms with Crippen molar-refractivity contribution >= 4 is 18.0 Å². The molecule has 0 aliphatic rings. The number of oxime groups is 1. The number of furan rings is 1. The summed E-state index contributed by atoms with van der Waals surface area (Å²) < 4.78 is 5.13. The quantitative estimate of drug-likeness (QED) is 0.308. The van der Waals surface area contributed by atoms with Crippen molar-refractivity contribution in [2.75, 3.05) is 6.26 Å². The number of nitrogens with zero attached hydrogens (tertiary/aromatic N) is 1. The lowest BCUT2D eigenvalue weighted by molar-refractivity contribution is 0.320. The molecule has 1 aromatic heterocycles. The lowest BCUT2D eigenvalue weighted by Crippen LogP contribution is -1.71. The second-order valence-corrected chi connectivity index (χ2v) is 2.42. The second kappa shape index (κ2) is 3.31. The summed E-state index contributed by atoms with van der Waals surface area (Å²) in [6, 6.07) is 3.56. The van der Waals surface area contributed by atoms with Crippen LogP contribution in [-0.2, 0) is 0 Å². The first-order valence-electron chi connectivity index (χ1n) is 2.68. The van der Waals surface area contributed by atoms with E-state index in [-0.39, 0.29) is 0 Å². The van der Waals surface area contributed by atoms with Crippen LogP contribution in [0.25, 0.3) is 0 Å². The van der Waals surface area contributed by atoms with Gasteiger partial charge in [0, 0.05) is 0 Å². The first-order chi connectivity index (χ1) is 4.86. The van der Waals surface area contributed by atoms with Crippen LogP contribution in [0.3, 0.4) is 0 Å². The summed E-state index contributed by atoms with van der Waals surface area (Å²) in [7, 11) is 0. The Kier molecular flexibility index (Phi) is 2.39. The number of hydrogen-bond donors (Lipinski definition) is 1. The van der Waals surface area contributed by atoms with E-state index in [9.17, 15) is 0 Å². The van der Waals surface area contributed by atoms with Crippen LogP contribution in [-0.4, -0.2) is 17.7 Å². The molecule has 1 rings (SSSR count). The first-order valence-corrected chi connectivity index (χ1v) is 3.90. The average molecular weight is 157 g/mol. The van der Waals surface area contributed by atoms with E-state index in [2.05, 4.69) is 5.16 Å². The standard InChI is InChI=1S/C6H7NO2S/c1-10-6-3-2-5(9-6)4-7-8/h2-4,8H,1H3. The molecule has 54 valence electrons. The highest BCUT2D eigenvalue weighted by molar-refractivity contribution is 7.98. The summed E-state index contributed by atoms with van der Waals surface area (Å²) in [6.45, 7) is 0. The zero-order valence-electron chi connectivity index (χ0n) is 5.44. The van der Waals surface area contributed by atoms with E-state index in [1.807, 2.05) is 12.3 Å². The molecule has 3 nitrogen and oxygen atoms in total. The molecule has 1 aromatic rings. The summed E-state index contributed by atoms with van der Waals surface area (Å²) in [6.07, 6.45) is 3.17. The Bertz CT molecular complexity index is 231. The largest absolute Gasteiger partial charge is 0.449 e. The van der Waals surface area contributed by atoms with Gasteiger partial charge in [0.2, 0.25) is 0 Å². The summed E-state index contributed by atoms with van der Waals surface area (Å²) in [5.41, 5.74) is 0. The van der Waals surface area contributed by atoms with Gasteiger partial charge in [-0.05, 0) is 18.4 Å². The molecule has 1 heterocycles. The molecule has 10 heavy (non-hydrogen) atoms. The zero-order valence-corrected chi connectivity index (χ0v) is 6.26. The molecule has 0 aromatic carbocycles. The molecule has 1 N–H and O–H groups in total. The van der Waals surface area contributed by atoms with Crippen molar-refractivity contribution in [1.29, 1.82) is 0 Å². The molecule has 0 fully saturated rings. The van der Waals surface area contributed by atoms with E-state index in [4.69, 9.17) is 9.62 Å². The molecular weight excluding hydrogens is 150 g/mol. The van der Waals surface area contributed by atoms with Gasteiger partial charge in [0.05, 0.1) is 0 Å². The van der Waals surface area contributed by atoms with Gasteiger partial charge in [-0.1, -0.05) is 16.9 Å². The normalized spacial score (nSPS) is 10.9. The highest BCUT2D eigenvalue weighted by Crippen LogP contribution is 2.16. The average Bonchev–Trinajstić information content (AvgIpc) is 2.37. The van der Waals surface area contributed by atoms with Crippen LogP contribution in [0, 0.1) is 0 Å². The van der Waals surface area contributed by atoms with E-state index in [1.165, 1.54) is 18.0 Å². The van der Waals surface area contributed by atoms with Gasteiger partial charge in [0.1, 0.15) is 12.0 Å². The van der Waals surface area contributed by atoms with Gasteiger partial charge in [-0.15, -0.1) is 0 Å². The Labute approximate surface area is 62.7 Å². The topological polar surface area (TPSA) is 45.7 Å². The van der Waals surface area contributed by atoms with Crippen molar-refractivity contribution in [3.63, 3.8) is 0 Å². The second-order valence-electron chi connectivity index (χ2n) is 1.61. The Morgan fingerprint density at radius 2 is 2.50 bits per heavy atom. The Balaban J connectivity index is 2.78. The van der Waals surface area contributed by atoms with Gasteiger partial charge in [0.25, 0.3) is 0 Å². The van der Waals surface area contributed by atoms with Crippen molar-refractivity contribution in [3.05, 3.63) is 17.9 Å². The zero-order chi connectivity index (χ0) is 7.40. The van der Waals surface area contributed by atoms with Gasteiger partial charge in [-0.3, -0.25) is 0 Å². The minimum atomic E-state index is 0.562. The lowest BCUT2D eigenvalue weighted by Gasteiger charge is -1.83. The monoisotopic (exact) mass is 157 g/mol. The van der Waals surface area contributed by atoms with E-state index < -0.39 is 0 Å². The van der Waals surface area contributed by atoms with Gasteiger partial charge in [0.15, 0.2) is 5.09 Å². The van der Waals surface area contributed by atoms with Crippen molar-refractivity contribution < 1.29 is 9.62 Å². The van der Waals surface area contributed by atoms with Crippen LogP contribution < -0.4 is 0 Å². The smallest absolute Gasteiger partial charge is 0.160 e. The Morgan fingerprint density at radius 3 is 3.00 bits per heavy atom. The Hall–Kier alpha value is -0.900. The fourth-order valence-corrected chi connectivity index (χ4v) is 0.954. The molecule has 0 unspecified atom stereocenters. The number of rotatable bonds is 2. The Morgan fingerprint density at radius 1 is 1.70 bits per heavy atom. The third-order valence-electron chi connectivity index (χ3n) is 0.988. The number of hydrogen-bond acceptors (Lipinski definition) is 4. The van der Waals surface area contributed by atoms with Gasteiger partial charge < -0.3 is 9.62 Å². The molecule has 0 atom stereocenters. The molecule has 0 saturated heterocycles. The maximum Gasteiger partial charge on any atom is 0.160 e. The van der Waals surface area contributed by atoms with Crippen molar-refractivity contribution in [2.24, 2.45) is 5.16 Å². The summed E-state index contributed by atoms with van der Waals surface area (Å²) in [4.78, 5) is 0. The molecule has 4 heteroatoms. The first kappa shape index (κ1) is 7.21. The van der Waals surface area contributed by atoms with Crippen LogP contribution in [0.5, 0.6) is 0 Å². The lowest BCUT2D eigenvalue weighted by atomic mass is 10.5. The molecule has 0 amide bonds. The number of thioether (sulfide) groups is 1. The molecule has 0 spiro atoms. The van der Waals surface area contributed by atoms with Gasteiger partial charge >= 0.3 is 0 Å². The van der Waals surface area contributed by atoms with E-state index in [0.717, 1.165) is 5.09 Å². The summed E-state index contributed by atoms with van der Waals surface area (Å²) in [5, 5.41) is 11.7. The van der Waals surface area contributed by atoms with Gasteiger partial charge in [-0.25, -0.2) is 0 Å². The molecular formula is C6H7NO2S. The fourth-order valence-electron chi connectivity index (χ4n) is 0.570. The molecule has 0 aliphatic carbocycles. The van der Waals surface area contributed by atoms with Crippen LogP contribution in [0.15, 0.2) is 26.8 Å². The maximum absolute atomic E-state index is 8.10. The molecule has 0 aliphatic heterocycles. The van der Waals surface area contributed by atoms with E-state index >= 15 is 0 Å². The van der Waals surface area contributed by atoms with Gasteiger partial charge in [-0.2, -0.15) is 0 Å². The third-order valence-corrected chi connectivity index (χ3v) is 1.61. The fraction of sp³-hybridized carbons (Fsp3) is 0.167. The molecule has 0 bridgehead atoms. The van der Waals surface area contributed by atoms with E-state index in [1.54, 1.807) is 6.07 Å². The predicted molar refractivity (Wildman–Crippen MR) is 39.9 cm³/mol. The predicted octanol–water partition coefficient (Wildman–Crippen LogP) is 1.81. The highest BCUT2D eigenvalue weighted by atomic mass is 32.2. The van der Waals surface area contributed by atoms with Crippen molar-refractivity contribution in [1.82, 2.24) is 0 Å². The van der Waals surface area contributed by atoms with Crippen molar-refractivity contribution in [2.45, 2.75) is 5.09 Å². The minimum Gasteiger partial charge on any atom is -0.449 e. The SMILES string of the molecule is CSc1ccc(C=NO)o1. The van der Waals surface area contributed by atoms with Crippen molar-refractivity contribution in [3.8, 4) is 0 Å². The van der Waals surface area contributed by atoms with Crippen LogP contribution in [0.2, 0.25) is 0 Å². The third kappa shape index (κ3) is 1.54. The van der Waals surface area contributed by atoms with E-state index in [0.29, 0.717) is 5.76 Å². The maximum atomic E-state index is 8.10. The van der Waals surface area contributed by atoms with Crippen LogP contribution in [0.1, 0.15) is 5.76 Å². The highest BCUT2D eigenvalue weighted by Gasteiger charge is 1.95.